The van der Waals surface area contributed by atoms with Crippen LogP contribution in [0, 0.1) is 14.3 Å². The summed E-state index contributed by atoms with van der Waals surface area (Å²) in [7, 11) is -5.08. The van der Waals surface area contributed by atoms with E-state index in [1.54, 1.807) is 45.2 Å². The first kappa shape index (κ1) is 29.3. The number of carbonyl (C=O) groups is 3. The Balaban J connectivity index is 2.93. The van der Waals surface area contributed by atoms with Crippen molar-refractivity contribution in [2.45, 2.75) is 18.7 Å². The Hall–Kier alpha value is 0.250. The van der Waals surface area contributed by atoms with Gasteiger partial charge in [-0.1, -0.05) is 0 Å². The second-order valence-corrected chi connectivity index (χ2v) is 11.4. The Morgan fingerprint density at radius 2 is 1.48 bits per heavy atom. The van der Waals surface area contributed by atoms with Crippen molar-refractivity contribution in [3.63, 3.8) is 0 Å². The number of carboxylic acid groups (broad SMARTS) is 1. The number of rotatable bonds is 8. The van der Waals surface area contributed by atoms with Gasteiger partial charge in [-0.05, 0) is 90.4 Å². The Kier molecular flexibility index (Phi) is 10.9. The highest BCUT2D eigenvalue weighted by Gasteiger charge is 2.45. The molecule has 0 aliphatic carbocycles. The smallest absolute Gasteiger partial charge is 0.426 e. The summed E-state index contributed by atoms with van der Waals surface area (Å²) in [6.07, 6.45) is -9.08. The number of carbonyl (C=O) groups excluding carboxylic acids is 2. The molecule has 0 aromatic heterocycles. The van der Waals surface area contributed by atoms with E-state index in [0.717, 1.165) is 0 Å². The Labute approximate surface area is 227 Å². The molecule has 9 nitrogen and oxygen atoms in total. The first-order valence-electron chi connectivity index (χ1n) is 7.56. The van der Waals surface area contributed by atoms with Crippen molar-refractivity contribution in [3.8, 4) is 0 Å². The predicted molar refractivity (Wildman–Crippen MR) is 134 cm³/mol. The molecular formula is C14H10F3I4NO8S. The summed E-state index contributed by atoms with van der Waals surface area (Å²) in [4.78, 5) is 35.8. The van der Waals surface area contributed by atoms with E-state index in [2.05, 4.69) is 10.1 Å². The van der Waals surface area contributed by atoms with Crippen molar-refractivity contribution in [1.82, 2.24) is 5.32 Å². The molecule has 0 bridgehead atoms. The summed E-state index contributed by atoms with van der Waals surface area (Å²) in [6.45, 7) is -0.512. The van der Waals surface area contributed by atoms with Crippen molar-refractivity contribution in [1.29, 1.82) is 0 Å². The average molecular weight is 917 g/mol. The van der Waals surface area contributed by atoms with E-state index in [1.807, 2.05) is 45.2 Å². The number of hydrogen-bond acceptors (Lipinski definition) is 6. The maximum Gasteiger partial charge on any atom is 0.426 e. The van der Waals surface area contributed by atoms with Crippen LogP contribution in [-0.4, -0.2) is 60.5 Å². The predicted octanol–water partition coefficient (Wildman–Crippen LogP) is 3.29. The van der Waals surface area contributed by atoms with Gasteiger partial charge in [0, 0.05) is 20.8 Å². The molecule has 174 valence electrons. The second-order valence-electron chi connectivity index (χ2n) is 5.59. The highest BCUT2D eigenvalue weighted by molar-refractivity contribution is 14.1. The van der Waals surface area contributed by atoms with Gasteiger partial charge in [0.15, 0.2) is 0 Å². The minimum absolute atomic E-state index is 0.171. The van der Waals surface area contributed by atoms with E-state index < -0.39 is 59.0 Å². The number of nitrogens with one attached hydrogen (secondary N) is 1. The summed E-state index contributed by atoms with van der Waals surface area (Å²) in [5.41, 5.74) is -0.435. The van der Waals surface area contributed by atoms with Crippen molar-refractivity contribution in [2.75, 3.05) is 12.3 Å². The van der Waals surface area contributed by atoms with Gasteiger partial charge < -0.3 is 15.2 Å². The highest BCUT2D eigenvalue weighted by atomic mass is 127. The van der Waals surface area contributed by atoms with Crippen molar-refractivity contribution in [2.24, 2.45) is 0 Å². The number of hydrogen-bond donors (Lipinski definition) is 3. The van der Waals surface area contributed by atoms with Gasteiger partial charge in [-0.25, -0.2) is 4.79 Å². The van der Waals surface area contributed by atoms with Gasteiger partial charge in [0.2, 0.25) is 6.10 Å². The summed E-state index contributed by atoms with van der Waals surface area (Å²) >= 11 is 7.42. The van der Waals surface area contributed by atoms with Crippen LogP contribution >= 0.6 is 90.4 Å². The third kappa shape index (κ3) is 8.51. The Bertz CT molecular complexity index is 1020. The van der Waals surface area contributed by atoms with E-state index >= 15 is 0 Å². The number of halogens is 7. The maximum absolute atomic E-state index is 12.8. The lowest BCUT2D eigenvalue weighted by atomic mass is 10.1. The van der Waals surface area contributed by atoms with Gasteiger partial charge in [0.1, 0.15) is 5.75 Å². The largest absolute Gasteiger partial charge is 0.478 e. The molecule has 0 saturated heterocycles. The normalized spacial score (nSPS) is 12.9. The Morgan fingerprint density at radius 1 is 1.00 bits per heavy atom. The molecule has 31 heavy (non-hydrogen) atoms. The molecule has 0 aliphatic rings. The van der Waals surface area contributed by atoms with Gasteiger partial charge in [-0.15, -0.1) is 0 Å². The van der Waals surface area contributed by atoms with Crippen LogP contribution in [-0.2, 0) is 19.6 Å². The van der Waals surface area contributed by atoms with E-state index in [-0.39, 0.29) is 11.1 Å². The topological polar surface area (TPSA) is 147 Å². The maximum atomic E-state index is 12.8. The minimum atomic E-state index is -5.24. The zero-order valence-electron chi connectivity index (χ0n) is 14.6. The molecule has 0 spiro atoms. The first-order valence-corrected chi connectivity index (χ1v) is 13.5. The fourth-order valence-corrected chi connectivity index (χ4v) is 6.32. The number of ether oxygens (including phenoxy) is 1. The first-order chi connectivity index (χ1) is 14.0. The second kappa shape index (κ2) is 11.6. The molecule has 1 atom stereocenters. The summed E-state index contributed by atoms with van der Waals surface area (Å²) < 4.78 is 74.2. The molecule has 0 saturated carbocycles. The number of carboxylic acids is 1. The molecule has 1 amide bonds. The van der Waals surface area contributed by atoms with E-state index in [0.29, 0.717) is 14.3 Å². The number of esters is 1. The molecule has 3 N–H and O–H groups in total. The highest BCUT2D eigenvalue weighted by Crippen LogP contribution is 2.33. The average Bonchev–Trinajstić information content (AvgIpc) is 2.59. The Morgan fingerprint density at radius 3 is 1.90 bits per heavy atom. The zero-order valence-corrected chi connectivity index (χ0v) is 24.0. The lowest BCUT2D eigenvalue weighted by Gasteiger charge is -2.19. The van der Waals surface area contributed by atoms with Crippen LogP contribution in [0.1, 0.15) is 27.1 Å². The SMILES string of the molecule is O=C(CCNC(=O)c1c(I)c(I)c(I)c(I)c1C(=O)O)OC(CS(=O)(=O)O)C(F)(F)F. The van der Waals surface area contributed by atoms with Crippen LogP contribution in [0.5, 0.6) is 0 Å². The minimum Gasteiger partial charge on any atom is -0.478 e. The molecule has 0 radical (unpaired) electrons. The van der Waals surface area contributed by atoms with Crippen LogP contribution in [0.25, 0.3) is 0 Å². The number of alkyl halides is 3. The standard InChI is InChI=1S/C14H10F3I4NO8S/c15-14(16,17)4(3-31(27,28)29)30-5(23)1-2-22-12(24)6-7(13(25)26)9(19)11(21)10(20)8(6)18/h4H,1-3H2,(H,22,24)(H,25,26)(H,27,28,29). The summed E-state index contributed by atoms with van der Waals surface area (Å²) in [5.74, 6) is -5.58. The molecular weight excluding hydrogens is 907 g/mol. The number of amides is 1. The van der Waals surface area contributed by atoms with Crippen LogP contribution in [0.15, 0.2) is 0 Å². The third-order valence-electron chi connectivity index (χ3n) is 3.32. The van der Waals surface area contributed by atoms with Gasteiger partial charge in [0.05, 0.1) is 17.5 Å². The summed E-state index contributed by atoms with van der Waals surface area (Å²) in [5, 5.41) is 11.7. The fourth-order valence-electron chi connectivity index (χ4n) is 2.02. The van der Waals surface area contributed by atoms with Gasteiger partial charge in [-0.3, -0.25) is 14.1 Å². The van der Waals surface area contributed by atoms with E-state index in [4.69, 9.17) is 4.55 Å². The van der Waals surface area contributed by atoms with Crippen molar-refractivity contribution < 1.29 is 50.4 Å². The van der Waals surface area contributed by atoms with Gasteiger partial charge in [-0.2, -0.15) is 21.6 Å². The number of aromatic carboxylic acids is 1. The molecule has 1 aromatic rings. The van der Waals surface area contributed by atoms with Crippen molar-refractivity contribution in [3.05, 3.63) is 25.4 Å². The quantitative estimate of drug-likeness (QED) is 0.119. The van der Waals surface area contributed by atoms with Crippen LogP contribution < -0.4 is 5.32 Å². The van der Waals surface area contributed by atoms with Crippen LogP contribution in [0.3, 0.4) is 0 Å². The van der Waals surface area contributed by atoms with Gasteiger partial charge in [0.25, 0.3) is 16.0 Å². The summed E-state index contributed by atoms with van der Waals surface area (Å²) in [6, 6.07) is 0. The molecule has 0 fully saturated rings. The molecule has 1 unspecified atom stereocenters. The molecule has 1 aromatic carbocycles. The molecule has 17 heteroatoms. The lowest BCUT2D eigenvalue weighted by molar-refractivity contribution is -0.215. The lowest BCUT2D eigenvalue weighted by Crippen LogP contribution is -2.40. The molecule has 0 heterocycles. The van der Waals surface area contributed by atoms with Crippen molar-refractivity contribution >= 4 is 118 Å². The fraction of sp³-hybridized carbons (Fsp3) is 0.357. The van der Waals surface area contributed by atoms with Crippen LogP contribution in [0.2, 0.25) is 0 Å². The monoisotopic (exact) mass is 917 g/mol. The number of benzene rings is 1. The van der Waals surface area contributed by atoms with E-state index in [1.165, 1.54) is 0 Å². The third-order valence-corrected chi connectivity index (χ3v) is 11.5. The van der Waals surface area contributed by atoms with Gasteiger partial charge >= 0.3 is 18.1 Å². The van der Waals surface area contributed by atoms with Crippen LogP contribution in [0.4, 0.5) is 13.2 Å². The molecule has 0 aliphatic heterocycles. The zero-order chi connectivity index (χ0) is 24.3. The molecule has 1 rings (SSSR count). The van der Waals surface area contributed by atoms with E-state index in [9.17, 15) is 41.1 Å².